The monoisotopic (exact) mass is 659 g/mol. The van der Waals surface area contributed by atoms with E-state index in [0.29, 0.717) is 26.1 Å². The molecule has 4 aromatic rings. The lowest BCUT2D eigenvalue weighted by Gasteiger charge is -2.31. The Bertz CT molecular complexity index is 1870. The Morgan fingerprint density at radius 3 is 2.57 bits per heavy atom. The van der Waals surface area contributed by atoms with Gasteiger partial charge in [0, 0.05) is 27.1 Å². The quantitative estimate of drug-likeness (QED) is 0.238. The molecule has 2 N–H and O–H groups in total. The number of carbonyl (C=O) groups excluding carboxylic acids is 3. The highest BCUT2D eigenvalue weighted by Gasteiger charge is 2.57. The highest BCUT2D eigenvalue weighted by Crippen LogP contribution is 2.55. The summed E-state index contributed by atoms with van der Waals surface area (Å²) >= 11 is 8.11. The summed E-state index contributed by atoms with van der Waals surface area (Å²) < 4.78 is 47.7. The van der Waals surface area contributed by atoms with Crippen molar-refractivity contribution in [2.24, 2.45) is 5.92 Å². The van der Waals surface area contributed by atoms with E-state index in [2.05, 4.69) is 10.3 Å². The van der Waals surface area contributed by atoms with Gasteiger partial charge in [0.15, 0.2) is 6.61 Å². The van der Waals surface area contributed by atoms with E-state index in [4.69, 9.17) is 16.3 Å². The Kier molecular flexibility index (Phi) is 7.80. The van der Waals surface area contributed by atoms with Gasteiger partial charge in [-0.2, -0.15) is 13.2 Å². The second kappa shape index (κ2) is 11.5. The number of carbonyl (C=O) groups is 3. The Morgan fingerprint density at radius 1 is 1.05 bits per heavy atom. The summed E-state index contributed by atoms with van der Waals surface area (Å²) in [6, 6.07) is 16.1. The number of alkyl halides is 3. The number of thiazole rings is 1. The van der Waals surface area contributed by atoms with Gasteiger partial charge in [-0.3, -0.25) is 19.2 Å². The molecule has 0 spiro atoms. The molecule has 0 radical (unpaired) electrons. The summed E-state index contributed by atoms with van der Waals surface area (Å²) in [5, 5.41) is 2.15. The summed E-state index contributed by atoms with van der Waals surface area (Å²) in [6.45, 7) is 1.45. The van der Waals surface area contributed by atoms with Gasteiger partial charge in [0.2, 0.25) is 11.8 Å². The van der Waals surface area contributed by atoms with Crippen molar-refractivity contribution >= 4 is 63.8 Å². The number of rotatable bonds is 6. The van der Waals surface area contributed by atoms with Crippen molar-refractivity contribution in [3.63, 3.8) is 0 Å². The third-order valence-corrected chi connectivity index (χ3v) is 9.88. The van der Waals surface area contributed by atoms with E-state index in [0.717, 1.165) is 40.8 Å². The van der Waals surface area contributed by atoms with Crippen molar-refractivity contribution < 1.29 is 32.3 Å². The van der Waals surface area contributed by atoms with E-state index in [1.807, 2.05) is 13.0 Å². The average molecular weight is 660 g/mol. The SMILES string of the molecule is Cc1cccc(NC(=O)COc2ccc(Cl)cc2[C@H]2c3sc(=O)[nH]c3SC3C(=O)N(c4ccccc4C(F)(F)F)C(=O)C32)c1. The molecule has 3 aromatic carbocycles. The third kappa shape index (κ3) is 5.51. The number of amides is 3. The number of fused-ring (bicyclic) bond motifs is 2. The first-order valence-electron chi connectivity index (χ1n) is 13.1. The van der Waals surface area contributed by atoms with Crippen molar-refractivity contribution in [1.82, 2.24) is 4.98 Å². The van der Waals surface area contributed by atoms with Crippen molar-refractivity contribution in [1.29, 1.82) is 0 Å². The van der Waals surface area contributed by atoms with Crippen LogP contribution in [0.4, 0.5) is 24.5 Å². The Hall–Kier alpha value is -4.07. The highest BCUT2D eigenvalue weighted by molar-refractivity contribution is 8.00. The Balaban J connectivity index is 1.39. The third-order valence-electron chi connectivity index (χ3n) is 7.24. The summed E-state index contributed by atoms with van der Waals surface area (Å²) in [4.78, 5) is 56.1. The van der Waals surface area contributed by atoms with E-state index in [1.165, 1.54) is 30.3 Å². The van der Waals surface area contributed by atoms with Crippen molar-refractivity contribution in [2.45, 2.75) is 29.3 Å². The molecule has 2 aliphatic heterocycles. The van der Waals surface area contributed by atoms with Gasteiger partial charge in [-0.15, -0.1) is 0 Å². The fraction of sp³-hybridized carbons (Fsp3) is 0.200. The molecule has 1 fully saturated rings. The van der Waals surface area contributed by atoms with Crippen LogP contribution < -0.4 is 19.8 Å². The van der Waals surface area contributed by atoms with Gasteiger partial charge < -0.3 is 15.0 Å². The zero-order valence-electron chi connectivity index (χ0n) is 22.6. The molecule has 44 heavy (non-hydrogen) atoms. The van der Waals surface area contributed by atoms with E-state index in [9.17, 15) is 32.3 Å². The highest BCUT2D eigenvalue weighted by atomic mass is 35.5. The number of nitrogens with zero attached hydrogens (tertiary/aromatic N) is 1. The minimum Gasteiger partial charge on any atom is -0.483 e. The molecule has 3 atom stereocenters. The van der Waals surface area contributed by atoms with Crippen LogP contribution in [0.25, 0.3) is 0 Å². The number of para-hydroxylation sites is 1. The summed E-state index contributed by atoms with van der Waals surface area (Å²) in [6.07, 6.45) is -4.83. The van der Waals surface area contributed by atoms with Crippen LogP contribution in [0, 0.1) is 12.8 Å². The molecule has 3 amide bonds. The van der Waals surface area contributed by atoms with E-state index in [1.54, 1.807) is 18.2 Å². The smallest absolute Gasteiger partial charge is 0.418 e. The Morgan fingerprint density at radius 2 is 1.82 bits per heavy atom. The topological polar surface area (TPSA) is 109 Å². The standard InChI is InChI=1S/C30H21ClF3N3O5S2/c1-14-5-4-6-16(11-14)35-21(38)13-42-20-10-9-15(31)12-17(20)22-23-25(43-26-24(22)44-29(41)36-26)28(40)37(27(23)39)19-8-3-2-7-18(19)30(32,33)34/h2-12,22-23,25H,13H2,1H3,(H,35,38)(H,36,41)/t22-,23?,25?/m1/s1. The number of hydrogen-bond donors (Lipinski definition) is 2. The van der Waals surface area contributed by atoms with Crippen molar-refractivity contribution in [3.05, 3.63) is 103 Å². The van der Waals surface area contributed by atoms with E-state index >= 15 is 0 Å². The lowest BCUT2D eigenvalue weighted by molar-refractivity contribution is -0.137. The lowest BCUT2D eigenvalue weighted by atomic mass is 9.82. The molecular weight excluding hydrogens is 639 g/mol. The van der Waals surface area contributed by atoms with E-state index in [-0.39, 0.29) is 10.8 Å². The number of anilines is 2. The molecule has 0 saturated carbocycles. The number of benzene rings is 3. The van der Waals surface area contributed by atoms with Crippen LogP contribution in [0.2, 0.25) is 5.02 Å². The van der Waals surface area contributed by atoms with Crippen LogP contribution in [-0.4, -0.2) is 34.6 Å². The second-order valence-electron chi connectivity index (χ2n) is 10.2. The number of aromatic nitrogens is 1. The lowest BCUT2D eigenvalue weighted by Crippen LogP contribution is -2.33. The predicted octanol–water partition coefficient (Wildman–Crippen LogP) is 6.23. The second-order valence-corrected chi connectivity index (χ2v) is 12.8. The predicted molar refractivity (Wildman–Crippen MR) is 161 cm³/mol. The molecule has 14 heteroatoms. The first-order valence-corrected chi connectivity index (χ1v) is 15.2. The minimum absolute atomic E-state index is 0.158. The molecule has 6 rings (SSSR count). The molecule has 0 aliphatic carbocycles. The number of halogens is 4. The Labute approximate surface area is 261 Å². The van der Waals surface area contributed by atoms with Gasteiger partial charge in [0.1, 0.15) is 11.0 Å². The molecule has 3 heterocycles. The first kappa shape index (κ1) is 30.0. The number of nitrogens with one attached hydrogen (secondary N) is 2. The molecule has 2 aliphatic rings. The average Bonchev–Trinajstić information content (AvgIpc) is 3.45. The maximum absolute atomic E-state index is 14.0. The molecule has 0 bridgehead atoms. The zero-order valence-corrected chi connectivity index (χ0v) is 25.0. The van der Waals surface area contributed by atoms with Gasteiger partial charge in [-0.1, -0.05) is 59.0 Å². The van der Waals surface area contributed by atoms with Gasteiger partial charge >= 0.3 is 11.0 Å². The van der Waals surface area contributed by atoms with Gasteiger partial charge in [0.25, 0.3) is 5.91 Å². The number of aromatic amines is 1. The van der Waals surface area contributed by atoms with Crippen molar-refractivity contribution in [3.8, 4) is 5.75 Å². The number of ether oxygens (including phenoxy) is 1. The summed E-state index contributed by atoms with van der Waals surface area (Å²) in [7, 11) is 0. The maximum Gasteiger partial charge on any atom is 0.418 e. The van der Waals surface area contributed by atoms with Gasteiger partial charge in [-0.05, 0) is 55.0 Å². The van der Waals surface area contributed by atoms with Crippen molar-refractivity contribution in [2.75, 3.05) is 16.8 Å². The molecule has 8 nitrogen and oxygen atoms in total. The number of hydrogen-bond acceptors (Lipinski definition) is 7. The number of imide groups is 1. The molecule has 226 valence electrons. The van der Waals surface area contributed by atoms with Crippen LogP contribution in [0.1, 0.15) is 27.5 Å². The zero-order chi connectivity index (χ0) is 31.3. The minimum atomic E-state index is -4.83. The number of H-pyrrole nitrogens is 1. The largest absolute Gasteiger partial charge is 0.483 e. The number of aryl methyl sites for hydroxylation is 1. The van der Waals surface area contributed by atoms with Crippen LogP contribution >= 0.6 is 34.7 Å². The fourth-order valence-corrected chi connectivity index (χ4v) is 8.14. The summed E-state index contributed by atoms with van der Waals surface area (Å²) in [5.41, 5.74) is 0.114. The van der Waals surface area contributed by atoms with Crippen LogP contribution in [-0.2, 0) is 20.6 Å². The van der Waals surface area contributed by atoms with E-state index < -0.39 is 63.7 Å². The van der Waals surface area contributed by atoms with Crippen LogP contribution in [0.5, 0.6) is 5.75 Å². The molecular formula is C30H21ClF3N3O5S2. The summed E-state index contributed by atoms with van der Waals surface area (Å²) in [5.74, 6) is -4.20. The fourth-order valence-electron chi connectivity index (χ4n) is 5.45. The van der Waals surface area contributed by atoms with Gasteiger partial charge in [0.05, 0.1) is 22.2 Å². The normalized spacial score (nSPS) is 19.5. The molecule has 1 aromatic heterocycles. The first-order chi connectivity index (χ1) is 20.9. The number of thioether (sulfide) groups is 1. The van der Waals surface area contributed by atoms with Gasteiger partial charge in [-0.25, -0.2) is 4.90 Å². The molecule has 2 unspecified atom stereocenters. The maximum atomic E-state index is 14.0. The van der Waals surface area contributed by atoms with Crippen LogP contribution in [0.3, 0.4) is 0 Å². The molecule has 1 saturated heterocycles. The van der Waals surface area contributed by atoms with Crippen LogP contribution in [0.15, 0.2) is 76.6 Å².